The molecule has 184 valence electrons. The first-order valence-electron chi connectivity index (χ1n) is 11.0. The number of nitrogens with zero attached hydrogens (tertiary/aromatic N) is 1. The minimum atomic E-state index is -1.10. The molecule has 3 amide bonds. The highest BCUT2D eigenvalue weighted by Crippen LogP contribution is 2.47. The molecule has 33 heavy (non-hydrogen) atoms. The molecule has 11 nitrogen and oxygen atoms in total. The van der Waals surface area contributed by atoms with E-state index in [0.717, 1.165) is 12.8 Å². The standard InChI is InChI=1S/C22H34N4O7/c1-13(2)10-14(18(27)22(3)7-8-22)24-19(28)15(11-31-4)25-20(29)16(12-32-5)26-21(30)17-6-9-23-33-17/h6,9,13-16H,7-8,10-12H2,1-5H3,(H,24,28)(H,25,29)(H,26,30)/t14-,15-,16-/m0/s1. The van der Waals surface area contributed by atoms with Crippen LogP contribution < -0.4 is 16.0 Å². The molecule has 1 aromatic rings. The number of aromatic nitrogens is 1. The van der Waals surface area contributed by atoms with Gasteiger partial charge < -0.3 is 29.9 Å². The van der Waals surface area contributed by atoms with Gasteiger partial charge in [-0.25, -0.2) is 0 Å². The number of ether oxygens (including phenoxy) is 2. The quantitative estimate of drug-likeness (QED) is 0.358. The Morgan fingerprint density at radius 1 is 1.00 bits per heavy atom. The maximum atomic E-state index is 13.0. The second kappa shape index (κ2) is 11.9. The Morgan fingerprint density at radius 2 is 1.55 bits per heavy atom. The van der Waals surface area contributed by atoms with E-state index >= 15 is 0 Å². The first-order chi connectivity index (χ1) is 15.6. The van der Waals surface area contributed by atoms with E-state index in [2.05, 4.69) is 21.1 Å². The molecule has 0 spiro atoms. The molecule has 3 N–H and O–H groups in total. The van der Waals surface area contributed by atoms with Gasteiger partial charge in [0, 0.05) is 25.7 Å². The molecule has 3 atom stereocenters. The van der Waals surface area contributed by atoms with Crippen LogP contribution in [0.3, 0.4) is 0 Å². The molecule has 0 radical (unpaired) electrons. The zero-order valence-corrected chi connectivity index (χ0v) is 19.8. The molecule has 2 rings (SSSR count). The number of ketones is 1. The largest absolute Gasteiger partial charge is 0.382 e. The summed E-state index contributed by atoms with van der Waals surface area (Å²) in [5, 5.41) is 11.3. The van der Waals surface area contributed by atoms with Gasteiger partial charge in [-0.3, -0.25) is 19.2 Å². The van der Waals surface area contributed by atoms with E-state index < -0.39 is 41.3 Å². The van der Waals surface area contributed by atoms with Crippen LogP contribution in [0.25, 0.3) is 0 Å². The van der Waals surface area contributed by atoms with Gasteiger partial charge in [-0.1, -0.05) is 25.9 Å². The molecule has 0 saturated heterocycles. The molecule has 11 heteroatoms. The average Bonchev–Trinajstić information content (AvgIpc) is 3.27. The third-order valence-electron chi connectivity index (χ3n) is 5.52. The fourth-order valence-electron chi connectivity index (χ4n) is 3.36. The number of Topliss-reactive ketones (excluding diaryl/α,β-unsaturated/α-hetero) is 1. The lowest BCUT2D eigenvalue weighted by Gasteiger charge is -2.26. The molecule has 0 aliphatic heterocycles. The van der Waals surface area contributed by atoms with Crippen molar-refractivity contribution in [2.24, 2.45) is 11.3 Å². The highest BCUT2D eigenvalue weighted by atomic mass is 16.5. The number of carbonyl (C=O) groups excluding carboxylic acids is 4. The van der Waals surface area contributed by atoms with E-state index in [-0.39, 0.29) is 30.7 Å². The van der Waals surface area contributed by atoms with Gasteiger partial charge in [0.15, 0.2) is 5.78 Å². The van der Waals surface area contributed by atoms with Gasteiger partial charge in [0.25, 0.3) is 5.91 Å². The average molecular weight is 467 g/mol. The molecule has 0 aromatic carbocycles. The number of carbonyl (C=O) groups is 4. The van der Waals surface area contributed by atoms with E-state index in [9.17, 15) is 19.2 Å². The van der Waals surface area contributed by atoms with E-state index in [1.54, 1.807) is 0 Å². The summed E-state index contributed by atoms with van der Waals surface area (Å²) in [6.07, 6.45) is 3.40. The number of methoxy groups -OCH3 is 2. The normalized spacial score (nSPS) is 17.0. The summed E-state index contributed by atoms with van der Waals surface area (Å²) >= 11 is 0. The summed E-state index contributed by atoms with van der Waals surface area (Å²) in [5.74, 6) is -1.72. The number of nitrogens with one attached hydrogen (secondary N) is 3. The first kappa shape index (κ1) is 26.5. The second-order valence-electron chi connectivity index (χ2n) is 8.99. The van der Waals surface area contributed by atoms with E-state index in [4.69, 9.17) is 14.0 Å². The third kappa shape index (κ3) is 7.64. The number of hydrogen-bond acceptors (Lipinski definition) is 8. The summed E-state index contributed by atoms with van der Waals surface area (Å²) in [6.45, 7) is 5.59. The monoisotopic (exact) mass is 466 g/mol. The number of amides is 3. The van der Waals surface area contributed by atoms with Crippen LogP contribution in [-0.4, -0.2) is 74.2 Å². The number of rotatable bonds is 14. The van der Waals surface area contributed by atoms with Crippen molar-refractivity contribution in [2.45, 2.75) is 58.2 Å². The van der Waals surface area contributed by atoms with Crippen LogP contribution in [0.1, 0.15) is 50.6 Å². The van der Waals surface area contributed by atoms with Crippen LogP contribution in [0, 0.1) is 11.3 Å². The molecule has 1 aromatic heterocycles. The van der Waals surface area contributed by atoms with Gasteiger partial charge >= 0.3 is 0 Å². The summed E-state index contributed by atoms with van der Waals surface area (Å²) in [6, 6.07) is -1.47. The highest BCUT2D eigenvalue weighted by Gasteiger charge is 2.48. The summed E-state index contributed by atoms with van der Waals surface area (Å²) < 4.78 is 14.9. The fraction of sp³-hybridized carbons (Fsp3) is 0.682. The topological polar surface area (TPSA) is 149 Å². The molecular formula is C22H34N4O7. The predicted molar refractivity (Wildman–Crippen MR) is 117 cm³/mol. The van der Waals surface area contributed by atoms with Gasteiger partial charge in [0.2, 0.25) is 17.6 Å². The van der Waals surface area contributed by atoms with Crippen LogP contribution in [0.5, 0.6) is 0 Å². The Kier molecular flexibility index (Phi) is 9.54. The third-order valence-corrected chi connectivity index (χ3v) is 5.52. The van der Waals surface area contributed by atoms with Crippen molar-refractivity contribution in [1.29, 1.82) is 0 Å². The zero-order valence-electron chi connectivity index (χ0n) is 19.8. The maximum absolute atomic E-state index is 13.0. The summed E-state index contributed by atoms with van der Waals surface area (Å²) in [7, 11) is 2.77. The molecule has 1 aliphatic rings. The molecule has 1 heterocycles. The highest BCUT2D eigenvalue weighted by molar-refractivity contribution is 5.98. The van der Waals surface area contributed by atoms with Crippen molar-refractivity contribution in [2.75, 3.05) is 27.4 Å². The molecule has 0 unspecified atom stereocenters. The van der Waals surface area contributed by atoms with Crippen molar-refractivity contribution in [3.05, 3.63) is 18.0 Å². The smallest absolute Gasteiger partial charge is 0.290 e. The Hall–Kier alpha value is -2.79. The number of hydrogen-bond donors (Lipinski definition) is 3. The van der Waals surface area contributed by atoms with Gasteiger partial charge in [-0.15, -0.1) is 0 Å². The van der Waals surface area contributed by atoms with Gasteiger partial charge in [0.05, 0.1) is 25.5 Å². The van der Waals surface area contributed by atoms with Crippen molar-refractivity contribution in [3.8, 4) is 0 Å². The Balaban J connectivity index is 2.07. The van der Waals surface area contributed by atoms with Gasteiger partial charge in [-0.2, -0.15) is 0 Å². The lowest BCUT2D eigenvalue weighted by atomic mass is 9.91. The summed E-state index contributed by atoms with van der Waals surface area (Å²) in [5.41, 5.74) is -0.401. The lowest BCUT2D eigenvalue weighted by molar-refractivity contribution is -0.134. The minimum absolute atomic E-state index is 0.00336. The van der Waals surface area contributed by atoms with Crippen molar-refractivity contribution in [1.82, 2.24) is 21.1 Å². The van der Waals surface area contributed by atoms with Crippen LogP contribution in [-0.2, 0) is 23.9 Å². The maximum Gasteiger partial charge on any atom is 0.290 e. The van der Waals surface area contributed by atoms with E-state index in [1.165, 1.54) is 26.5 Å². The van der Waals surface area contributed by atoms with E-state index in [0.29, 0.717) is 6.42 Å². The molecule has 1 saturated carbocycles. The Morgan fingerprint density at radius 3 is 2.00 bits per heavy atom. The summed E-state index contributed by atoms with van der Waals surface area (Å²) in [4.78, 5) is 51.0. The minimum Gasteiger partial charge on any atom is -0.382 e. The molecule has 0 bridgehead atoms. The zero-order chi connectivity index (χ0) is 24.6. The van der Waals surface area contributed by atoms with Crippen LogP contribution in [0.15, 0.2) is 16.8 Å². The fourth-order valence-corrected chi connectivity index (χ4v) is 3.36. The first-order valence-corrected chi connectivity index (χ1v) is 11.0. The van der Waals surface area contributed by atoms with Crippen LogP contribution in [0.2, 0.25) is 0 Å². The van der Waals surface area contributed by atoms with Crippen molar-refractivity contribution >= 4 is 23.5 Å². The molecular weight excluding hydrogens is 432 g/mol. The Labute approximate surface area is 193 Å². The predicted octanol–water partition coefficient (Wildman–Crippen LogP) is 0.451. The second-order valence-corrected chi connectivity index (χ2v) is 8.99. The lowest BCUT2D eigenvalue weighted by Crippen LogP contribution is -2.58. The van der Waals surface area contributed by atoms with Crippen LogP contribution >= 0.6 is 0 Å². The Bertz CT molecular complexity index is 821. The van der Waals surface area contributed by atoms with E-state index in [1.807, 2.05) is 20.8 Å². The van der Waals surface area contributed by atoms with Crippen LogP contribution in [0.4, 0.5) is 0 Å². The van der Waals surface area contributed by atoms with Gasteiger partial charge in [-0.05, 0) is 25.2 Å². The molecule has 1 aliphatic carbocycles. The van der Waals surface area contributed by atoms with Crippen molar-refractivity contribution in [3.63, 3.8) is 0 Å². The molecule has 1 fully saturated rings. The van der Waals surface area contributed by atoms with Crippen molar-refractivity contribution < 1.29 is 33.2 Å². The van der Waals surface area contributed by atoms with Gasteiger partial charge in [0.1, 0.15) is 12.1 Å². The SMILES string of the molecule is COC[C@H](NC(=O)c1ccno1)C(=O)N[C@@H](COC)C(=O)N[C@@H](CC(C)C)C(=O)C1(C)CC1.